The quantitative estimate of drug-likeness (QED) is 0.151. The topological polar surface area (TPSA) is 86.8 Å². The van der Waals surface area contributed by atoms with E-state index in [0.717, 1.165) is 23.3 Å². The zero-order valence-corrected chi connectivity index (χ0v) is 29.4. The molecule has 4 aromatic rings. The Hall–Kier alpha value is -4.06. The minimum atomic E-state index is -4.91. The summed E-state index contributed by atoms with van der Waals surface area (Å²) in [6.45, 7) is 4.36. The van der Waals surface area contributed by atoms with Crippen LogP contribution >= 0.6 is 23.2 Å². The van der Waals surface area contributed by atoms with E-state index in [2.05, 4.69) is 5.32 Å². The Kier molecular flexibility index (Phi) is 12.4. The minimum Gasteiger partial charge on any atom is -0.352 e. The molecule has 4 aromatic carbocycles. The van der Waals surface area contributed by atoms with Gasteiger partial charge in [-0.15, -0.1) is 0 Å². The van der Waals surface area contributed by atoms with Gasteiger partial charge in [-0.2, -0.15) is 13.2 Å². The molecule has 1 N–H and O–H groups in total. The third kappa shape index (κ3) is 9.77. The first-order valence-electron chi connectivity index (χ1n) is 15.4. The number of rotatable bonds is 13. The van der Waals surface area contributed by atoms with Crippen LogP contribution in [-0.4, -0.2) is 43.8 Å². The van der Waals surface area contributed by atoms with Gasteiger partial charge in [0.1, 0.15) is 12.6 Å². The molecule has 0 aliphatic heterocycles. The molecule has 0 radical (unpaired) electrons. The van der Waals surface area contributed by atoms with Gasteiger partial charge in [0, 0.05) is 24.0 Å². The summed E-state index contributed by atoms with van der Waals surface area (Å²) in [6, 6.07) is 22.6. The largest absolute Gasteiger partial charge is 0.417 e. The van der Waals surface area contributed by atoms with Gasteiger partial charge in [-0.05, 0) is 73.9 Å². The molecule has 0 aliphatic rings. The number of sulfonamides is 1. The van der Waals surface area contributed by atoms with Crippen molar-refractivity contribution in [3.8, 4) is 0 Å². The Labute approximate surface area is 294 Å². The number of nitrogens with zero attached hydrogens (tertiary/aromatic N) is 2. The number of carbonyl (C=O) groups is 2. The van der Waals surface area contributed by atoms with Crippen LogP contribution in [0.5, 0.6) is 0 Å². The first kappa shape index (κ1) is 37.8. The van der Waals surface area contributed by atoms with E-state index in [1.807, 2.05) is 19.9 Å². The monoisotopic (exact) mass is 733 g/mol. The summed E-state index contributed by atoms with van der Waals surface area (Å²) in [4.78, 5) is 29.5. The van der Waals surface area contributed by atoms with E-state index in [-0.39, 0.29) is 23.9 Å². The lowest BCUT2D eigenvalue weighted by atomic mass is 10.0. The Balaban J connectivity index is 1.87. The molecule has 13 heteroatoms. The highest BCUT2D eigenvalue weighted by Gasteiger charge is 2.38. The van der Waals surface area contributed by atoms with Crippen LogP contribution in [0.1, 0.15) is 42.5 Å². The number of alkyl halides is 3. The molecule has 0 fully saturated rings. The number of amides is 2. The van der Waals surface area contributed by atoms with Crippen molar-refractivity contribution in [2.75, 3.05) is 10.8 Å². The number of benzene rings is 4. The van der Waals surface area contributed by atoms with E-state index in [9.17, 15) is 31.2 Å². The maximum atomic E-state index is 14.5. The fraction of sp³-hybridized carbons (Fsp3) is 0.278. The summed E-state index contributed by atoms with van der Waals surface area (Å²) < 4.78 is 70.9. The zero-order chi connectivity index (χ0) is 35.9. The lowest BCUT2D eigenvalue weighted by molar-refractivity contribution is -0.140. The molecular formula is C36H36Cl2F3N3O4S. The number of nitrogens with one attached hydrogen (secondary N) is 1. The number of carbonyl (C=O) groups excluding carboxylic acids is 2. The van der Waals surface area contributed by atoms with Crippen LogP contribution in [0.3, 0.4) is 0 Å². The fourth-order valence-electron chi connectivity index (χ4n) is 5.08. The molecule has 0 heterocycles. The van der Waals surface area contributed by atoms with Gasteiger partial charge in [-0.3, -0.25) is 13.9 Å². The van der Waals surface area contributed by atoms with Crippen LogP contribution in [0.15, 0.2) is 102 Å². The van der Waals surface area contributed by atoms with Crippen molar-refractivity contribution in [3.63, 3.8) is 0 Å². The van der Waals surface area contributed by atoms with Crippen LogP contribution in [0.25, 0.3) is 0 Å². The van der Waals surface area contributed by atoms with Gasteiger partial charge < -0.3 is 10.2 Å². The van der Waals surface area contributed by atoms with Gasteiger partial charge in [0.25, 0.3) is 10.0 Å². The van der Waals surface area contributed by atoms with Gasteiger partial charge in [-0.1, -0.05) is 90.3 Å². The molecule has 0 spiro atoms. The summed E-state index contributed by atoms with van der Waals surface area (Å²) in [7, 11) is -4.63. The second kappa shape index (κ2) is 16.1. The van der Waals surface area contributed by atoms with Crippen LogP contribution in [0.4, 0.5) is 18.9 Å². The van der Waals surface area contributed by atoms with Gasteiger partial charge in [-0.25, -0.2) is 8.42 Å². The fourth-order valence-corrected chi connectivity index (χ4v) is 6.92. The van der Waals surface area contributed by atoms with Crippen LogP contribution in [0, 0.1) is 6.92 Å². The van der Waals surface area contributed by atoms with Crippen molar-refractivity contribution in [3.05, 3.63) is 129 Å². The predicted molar refractivity (Wildman–Crippen MR) is 186 cm³/mol. The second-order valence-electron chi connectivity index (χ2n) is 11.7. The summed E-state index contributed by atoms with van der Waals surface area (Å²) in [5.41, 5.74) is 0.323. The molecule has 7 nitrogen and oxygen atoms in total. The van der Waals surface area contributed by atoms with E-state index in [1.165, 1.54) is 29.2 Å². The standard InChI is InChI=1S/C36H36Cl2F3N3O4S/c1-4-25(3)42-35(46)33(20-26-9-6-5-7-10-26)43(22-27-11-8-12-28(37)19-27)34(45)23-44(49(47,48)30-16-13-24(2)14-17-30)29-15-18-32(38)31(21-29)36(39,40)41/h5-19,21,25,33H,4,20,22-23H2,1-3H3,(H,42,46)/t25-,33-/m0/s1. The number of halogens is 5. The smallest absolute Gasteiger partial charge is 0.352 e. The van der Waals surface area contributed by atoms with Crippen LogP contribution in [-0.2, 0) is 38.8 Å². The van der Waals surface area contributed by atoms with E-state index in [1.54, 1.807) is 55.5 Å². The van der Waals surface area contributed by atoms with Gasteiger partial charge in [0.2, 0.25) is 11.8 Å². The summed E-state index contributed by atoms with van der Waals surface area (Å²) in [5.74, 6) is -1.31. The number of hydrogen-bond acceptors (Lipinski definition) is 4. The molecule has 0 bridgehead atoms. The SMILES string of the molecule is CC[C@H](C)NC(=O)[C@H](Cc1ccccc1)N(Cc1cccc(Cl)c1)C(=O)CN(c1ccc(Cl)c(C(F)(F)F)c1)S(=O)(=O)c1ccc(C)cc1. The molecule has 2 atom stereocenters. The summed E-state index contributed by atoms with van der Waals surface area (Å²) in [5, 5.41) is 2.67. The Bertz CT molecular complexity index is 1870. The average Bonchev–Trinajstić information content (AvgIpc) is 3.05. The highest BCUT2D eigenvalue weighted by Crippen LogP contribution is 2.38. The number of aryl methyl sites for hydroxylation is 1. The molecule has 49 heavy (non-hydrogen) atoms. The molecule has 0 aromatic heterocycles. The highest BCUT2D eigenvalue weighted by atomic mass is 35.5. The van der Waals surface area contributed by atoms with Crippen molar-refractivity contribution < 1.29 is 31.2 Å². The van der Waals surface area contributed by atoms with Crippen molar-refractivity contribution in [2.24, 2.45) is 0 Å². The maximum Gasteiger partial charge on any atom is 0.417 e. The molecule has 4 rings (SSSR count). The summed E-state index contributed by atoms with van der Waals surface area (Å²) >= 11 is 12.1. The summed E-state index contributed by atoms with van der Waals surface area (Å²) in [6.07, 6.45) is -4.24. The molecule has 0 unspecified atom stereocenters. The van der Waals surface area contributed by atoms with Crippen molar-refractivity contribution in [2.45, 2.75) is 63.3 Å². The van der Waals surface area contributed by atoms with Crippen molar-refractivity contribution in [1.82, 2.24) is 10.2 Å². The van der Waals surface area contributed by atoms with Crippen LogP contribution in [0.2, 0.25) is 10.0 Å². The van der Waals surface area contributed by atoms with Gasteiger partial charge in [0.05, 0.1) is 21.2 Å². The third-order valence-corrected chi connectivity index (χ3v) is 10.3. The first-order chi connectivity index (χ1) is 23.1. The second-order valence-corrected chi connectivity index (χ2v) is 14.4. The van der Waals surface area contributed by atoms with E-state index < -0.39 is 56.9 Å². The third-order valence-electron chi connectivity index (χ3n) is 7.95. The minimum absolute atomic E-state index is 0.0687. The average molecular weight is 735 g/mol. The molecular weight excluding hydrogens is 698 g/mol. The van der Waals surface area contributed by atoms with Crippen molar-refractivity contribution >= 4 is 50.7 Å². The number of hydrogen-bond donors (Lipinski definition) is 1. The molecule has 2 amide bonds. The number of anilines is 1. The predicted octanol–water partition coefficient (Wildman–Crippen LogP) is 8.07. The van der Waals surface area contributed by atoms with Crippen LogP contribution < -0.4 is 9.62 Å². The molecule has 260 valence electrons. The normalized spacial score (nSPS) is 13.0. The highest BCUT2D eigenvalue weighted by molar-refractivity contribution is 7.92. The van der Waals surface area contributed by atoms with E-state index >= 15 is 0 Å². The Morgan fingerprint density at radius 1 is 0.878 bits per heavy atom. The molecule has 0 saturated carbocycles. The zero-order valence-electron chi connectivity index (χ0n) is 27.0. The lowest BCUT2D eigenvalue weighted by Crippen LogP contribution is -2.54. The Morgan fingerprint density at radius 2 is 1.53 bits per heavy atom. The Morgan fingerprint density at radius 3 is 2.14 bits per heavy atom. The molecule has 0 saturated heterocycles. The van der Waals surface area contributed by atoms with Gasteiger partial charge in [0.15, 0.2) is 0 Å². The molecule has 0 aliphatic carbocycles. The van der Waals surface area contributed by atoms with E-state index in [0.29, 0.717) is 27.4 Å². The van der Waals surface area contributed by atoms with Crippen molar-refractivity contribution in [1.29, 1.82) is 0 Å². The maximum absolute atomic E-state index is 14.5. The van der Waals surface area contributed by atoms with Gasteiger partial charge >= 0.3 is 6.18 Å². The van der Waals surface area contributed by atoms with E-state index in [4.69, 9.17) is 23.2 Å². The first-order valence-corrected chi connectivity index (χ1v) is 17.6. The lowest BCUT2D eigenvalue weighted by Gasteiger charge is -2.34.